The van der Waals surface area contributed by atoms with E-state index in [1.165, 1.54) is 0 Å². The number of amides is 1. The van der Waals surface area contributed by atoms with Gasteiger partial charge in [0.2, 0.25) is 5.91 Å². The first kappa shape index (κ1) is 17.4. The number of β-amino-alcohol motifs (C(OH)–C–C–N with tert-alkyl or cyclic N) is 1. The van der Waals surface area contributed by atoms with Crippen molar-refractivity contribution in [2.45, 2.75) is 6.42 Å². The smallest absolute Gasteiger partial charge is 0.241 e. The summed E-state index contributed by atoms with van der Waals surface area (Å²) in [6, 6.07) is 11.6. The number of hydrogen-bond donors (Lipinski definition) is 1. The minimum atomic E-state index is 0.0297. The average Bonchev–Trinajstić information content (AvgIpc) is 2.58. The Labute approximate surface area is 137 Å². The van der Waals surface area contributed by atoms with Gasteiger partial charge in [0.15, 0.2) is 0 Å². The van der Waals surface area contributed by atoms with Gasteiger partial charge in [-0.3, -0.25) is 14.6 Å². The molecule has 2 rings (SSSR count). The highest BCUT2D eigenvalue weighted by molar-refractivity contribution is 5.94. The lowest BCUT2D eigenvalue weighted by molar-refractivity contribution is -0.120. The van der Waals surface area contributed by atoms with Gasteiger partial charge < -0.3 is 10.0 Å². The molecule has 1 aromatic carbocycles. The average molecular weight is 316 g/mol. The van der Waals surface area contributed by atoms with E-state index in [0.717, 1.165) is 31.9 Å². The van der Waals surface area contributed by atoms with Gasteiger partial charge >= 0.3 is 0 Å². The maximum absolute atomic E-state index is 12.6. The molecular formula is C17H24N4O2. The number of nitriles is 1. The Kier molecular flexibility index (Phi) is 7.01. The molecule has 1 N–H and O–H groups in total. The molecule has 0 radical (unpaired) electrons. The molecule has 0 saturated carbocycles. The van der Waals surface area contributed by atoms with Gasteiger partial charge in [-0.1, -0.05) is 18.2 Å². The number of aliphatic hydroxyl groups is 1. The van der Waals surface area contributed by atoms with Crippen LogP contribution in [0.2, 0.25) is 0 Å². The molecule has 0 spiro atoms. The predicted octanol–water partition coefficient (Wildman–Crippen LogP) is 0.543. The molecule has 1 aromatic rings. The Morgan fingerprint density at radius 2 is 1.83 bits per heavy atom. The first-order valence-electron chi connectivity index (χ1n) is 8.02. The Balaban J connectivity index is 1.92. The van der Waals surface area contributed by atoms with Crippen LogP contribution in [0.25, 0.3) is 0 Å². The standard InChI is InChI=1S/C17H24N4O2/c18-7-4-8-21(16-5-2-1-3-6-16)17(23)15-20-11-9-19(10-12-20)13-14-22/h1-3,5-6,22H,4,8-15H2. The summed E-state index contributed by atoms with van der Waals surface area (Å²) in [5, 5.41) is 17.8. The van der Waals surface area contributed by atoms with E-state index in [9.17, 15) is 4.79 Å². The zero-order valence-electron chi connectivity index (χ0n) is 13.4. The second-order valence-corrected chi connectivity index (χ2v) is 5.63. The Bertz CT molecular complexity index is 521. The molecule has 1 heterocycles. The third-order valence-electron chi connectivity index (χ3n) is 4.06. The summed E-state index contributed by atoms with van der Waals surface area (Å²) in [6.07, 6.45) is 0.324. The van der Waals surface area contributed by atoms with Crippen molar-refractivity contribution < 1.29 is 9.90 Å². The van der Waals surface area contributed by atoms with Gasteiger partial charge in [0, 0.05) is 45.0 Å². The molecular weight excluding hydrogens is 292 g/mol. The summed E-state index contributed by atoms with van der Waals surface area (Å²) < 4.78 is 0. The lowest BCUT2D eigenvalue weighted by Gasteiger charge is -2.35. The summed E-state index contributed by atoms with van der Waals surface area (Å²) in [4.78, 5) is 18.7. The normalized spacial score (nSPS) is 16.0. The van der Waals surface area contributed by atoms with E-state index in [-0.39, 0.29) is 12.5 Å². The van der Waals surface area contributed by atoms with Crippen LogP contribution in [-0.2, 0) is 4.79 Å². The summed E-state index contributed by atoms with van der Waals surface area (Å²) in [6.45, 7) is 5.06. The Morgan fingerprint density at radius 1 is 1.17 bits per heavy atom. The van der Waals surface area contributed by atoms with Crippen LogP contribution in [-0.4, -0.2) is 73.2 Å². The molecule has 0 unspecified atom stereocenters. The number of hydrogen-bond acceptors (Lipinski definition) is 5. The van der Waals surface area contributed by atoms with Gasteiger partial charge in [-0.25, -0.2) is 0 Å². The van der Waals surface area contributed by atoms with E-state index < -0.39 is 0 Å². The fourth-order valence-electron chi connectivity index (χ4n) is 2.76. The van der Waals surface area contributed by atoms with E-state index >= 15 is 0 Å². The summed E-state index contributed by atoms with van der Waals surface area (Å²) >= 11 is 0. The van der Waals surface area contributed by atoms with E-state index in [1.54, 1.807) is 4.90 Å². The van der Waals surface area contributed by atoms with Crippen molar-refractivity contribution in [2.75, 3.05) is 57.3 Å². The molecule has 1 aliphatic rings. The van der Waals surface area contributed by atoms with Crippen LogP contribution in [0.15, 0.2) is 30.3 Å². The highest BCUT2D eigenvalue weighted by Gasteiger charge is 2.22. The Hall–Kier alpha value is -1.94. The maximum atomic E-state index is 12.6. The maximum Gasteiger partial charge on any atom is 0.241 e. The van der Waals surface area contributed by atoms with E-state index in [2.05, 4.69) is 15.9 Å². The molecule has 6 heteroatoms. The van der Waals surface area contributed by atoms with Crippen molar-refractivity contribution in [2.24, 2.45) is 0 Å². The number of aliphatic hydroxyl groups excluding tert-OH is 1. The van der Waals surface area contributed by atoms with Crippen molar-refractivity contribution in [3.63, 3.8) is 0 Å². The Morgan fingerprint density at radius 3 is 2.43 bits per heavy atom. The second kappa shape index (κ2) is 9.26. The van der Waals surface area contributed by atoms with E-state index in [1.807, 2.05) is 30.3 Å². The summed E-state index contributed by atoms with van der Waals surface area (Å²) in [7, 11) is 0. The van der Waals surface area contributed by atoms with Crippen LogP contribution in [0, 0.1) is 11.3 Å². The number of carbonyl (C=O) groups excluding carboxylic acids is 1. The molecule has 1 amide bonds. The van der Waals surface area contributed by atoms with Gasteiger partial charge in [0.05, 0.1) is 25.6 Å². The van der Waals surface area contributed by atoms with Crippen LogP contribution in [0.4, 0.5) is 5.69 Å². The van der Waals surface area contributed by atoms with Crippen molar-refractivity contribution in [1.29, 1.82) is 5.26 Å². The molecule has 124 valence electrons. The number of para-hydroxylation sites is 1. The van der Waals surface area contributed by atoms with Crippen molar-refractivity contribution >= 4 is 11.6 Å². The first-order chi connectivity index (χ1) is 11.2. The monoisotopic (exact) mass is 316 g/mol. The zero-order valence-corrected chi connectivity index (χ0v) is 13.4. The largest absolute Gasteiger partial charge is 0.395 e. The minimum Gasteiger partial charge on any atom is -0.395 e. The minimum absolute atomic E-state index is 0.0297. The van der Waals surface area contributed by atoms with Gasteiger partial charge in [0.25, 0.3) is 0 Å². The lowest BCUT2D eigenvalue weighted by Crippen LogP contribution is -2.50. The van der Waals surface area contributed by atoms with Crippen LogP contribution in [0.5, 0.6) is 0 Å². The highest BCUT2D eigenvalue weighted by atomic mass is 16.3. The molecule has 1 aliphatic heterocycles. The number of rotatable bonds is 7. The molecule has 0 aromatic heterocycles. The topological polar surface area (TPSA) is 70.8 Å². The molecule has 23 heavy (non-hydrogen) atoms. The number of nitrogens with zero attached hydrogens (tertiary/aromatic N) is 4. The summed E-state index contributed by atoms with van der Waals surface area (Å²) in [5.74, 6) is 0.0297. The summed E-state index contributed by atoms with van der Waals surface area (Å²) in [5.41, 5.74) is 0.840. The van der Waals surface area contributed by atoms with Crippen LogP contribution in [0.3, 0.4) is 0 Å². The SMILES string of the molecule is N#CCCN(C(=O)CN1CCN(CCO)CC1)c1ccccc1. The van der Waals surface area contributed by atoms with Gasteiger partial charge in [-0.05, 0) is 12.1 Å². The van der Waals surface area contributed by atoms with Gasteiger partial charge in [0.1, 0.15) is 0 Å². The van der Waals surface area contributed by atoms with Crippen LogP contribution >= 0.6 is 0 Å². The number of benzene rings is 1. The molecule has 6 nitrogen and oxygen atoms in total. The molecule has 1 saturated heterocycles. The van der Waals surface area contributed by atoms with E-state index in [0.29, 0.717) is 26.1 Å². The van der Waals surface area contributed by atoms with Crippen molar-refractivity contribution in [3.05, 3.63) is 30.3 Å². The third-order valence-corrected chi connectivity index (χ3v) is 4.06. The van der Waals surface area contributed by atoms with Gasteiger partial charge in [-0.15, -0.1) is 0 Å². The zero-order chi connectivity index (χ0) is 16.5. The molecule has 0 bridgehead atoms. The fourth-order valence-corrected chi connectivity index (χ4v) is 2.76. The second-order valence-electron chi connectivity index (χ2n) is 5.63. The number of piperazine rings is 1. The third kappa shape index (κ3) is 5.32. The lowest BCUT2D eigenvalue weighted by atomic mass is 10.2. The van der Waals surface area contributed by atoms with Gasteiger partial charge in [-0.2, -0.15) is 5.26 Å². The van der Waals surface area contributed by atoms with E-state index in [4.69, 9.17) is 10.4 Å². The number of carbonyl (C=O) groups is 1. The quantitative estimate of drug-likeness (QED) is 0.795. The fraction of sp³-hybridized carbons (Fsp3) is 0.529. The van der Waals surface area contributed by atoms with Crippen molar-refractivity contribution in [3.8, 4) is 6.07 Å². The number of anilines is 1. The first-order valence-corrected chi connectivity index (χ1v) is 8.02. The highest BCUT2D eigenvalue weighted by Crippen LogP contribution is 2.14. The predicted molar refractivity (Wildman–Crippen MR) is 89.0 cm³/mol. The molecule has 1 fully saturated rings. The molecule has 0 atom stereocenters. The van der Waals surface area contributed by atoms with Crippen LogP contribution in [0.1, 0.15) is 6.42 Å². The van der Waals surface area contributed by atoms with Crippen LogP contribution < -0.4 is 4.90 Å². The van der Waals surface area contributed by atoms with Crippen molar-refractivity contribution in [1.82, 2.24) is 9.80 Å². The molecule has 0 aliphatic carbocycles.